The molecule has 0 amide bonds. The molecule has 4 heteroatoms. The van der Waals surface area contributed by atoms with Crippen LogP contribution in [-0.4, -0.2) is 9.97 Å². The Morgan fingerprint density at radius 1 is 1.11 bits per heavy atom. The lowest BCUT2D eigenvalue weighted by atomic mass is 10.0. The van der Waals surface area contributed by atoms with Crippen molar-refractivity contribution >= 4 is 5.82 Å². The lowest BCUT2D eigenvalue weighted by Gasteiger charge is -2.11. The van der Waals surface area contributed by atoms with Crippen molar-refractivity contribution in [2.75, 3.05) is 5.32 Å². The molecule has 4 nitrogen and oxygen atoms in total. The number of aromatic nitrogens is 2. The number of hydrogen-bond acceptors (Lipinski definition) is 4. The molecule has 0 bridgehead atoms. The highest BCUT2D eigenvalue weighted by Gasteiger charge is 2.03. The van der Waals surface area contributed by atoms with Crippen molar-refractivity contribution in [3.63, 3.8) is 0 Å². The summed E-state index contributed by atoms with van der Waals surface area (Å²) in [7, 11) is 0. The largest absolute Gasteiger partial charge is 0.366 e. The van der Waals surface area contributed by atoms with Gasteiger partial charge < -0.3 is 11.1 Å². The molecule has 0 saturated carbocycles. The van der Waals surface area contributed by atoms with Crippen molar-refractivity contribution in [2.45, 2.75) is 33.9 Å². The Kier molecular flexibility index (Phi) is 4.12. The molecule has 2 aromatic rings. The standard InChI is InChI=1S/C15H20N4/c1-10-6-12(3)13(7-11(10)2)9-18-14-4-5-17-15(8-16)19-14/h4-7H,8-9,16H2,1-3H3,(H,17,18,19). The minimum absolute atomic E-state index is 0.359. The Labute approximate surface area is 114 Å². The smallest absolute Gasteiger partial charge is 0.144 e. The lowest BCUT2D eigenvalue weighted by Crippen LogP contribution is -2.08. The minimum atomic E-state index is 0.359. The van der Waals surface area contributed by atoms with Crippen molar-refractivity contribution < 1.29 is 0 Å². The molecule has 2 rings (SSSR count). The highest BCUT2D eigenvalue weighted by Crippen LogP contribution is 2.16. The SMILES string of the molecule is Cc1cc(C)c(CNc2ccnc(CN)n2)cc1C. The third kappa shape index (κ3) is 3.29. The van der Waals surface area contributed by atoms with Crippen LogP contribution in [0.1, 0.15) is 28.1 Å². The van der Waals surface area contributed by atoms with E-state index >= 15 is 0 Å². The predicted molar refractivity (Wildman–Crippen MR) is 77.9 cm³/mol. The molecule has 1 aromatic heterocycles. The van der Waals surface area contributed by atoms with Crippen molar-refractivity contribution in [2.24, 2.45) is 5.73 Å². The molecule has 19 heavy (non-hydrogen) atoms. The molecule has 0 aliphatic carbocycles. The van der Waals surface area contributed by atoms with Gasteiger partial charge in [0.2, 0.25) is 0 Å². The van der Waals surface area contributed by atoms with Crippen molar-refractivity contribution in [1.29, 1.82) is 0 Å². The molecule has 0 atom stereocenters. The predicted octanol–water partition coefficient (Wildman–Crippen LogP) is 2.47. The third-order valence-electron chi connectivity index (χ3n) is 3.30. The fourth-order valence-corrected chi connectivity index (χ4v) is 1.99. The Morgan fingerprint density at radius 3 is 2.58 bits per heavy atom. The summed E-state index contributed by atoms with van der Waals surface area (Å²) >= 11 is 0. The van der Waals surface area contributed by atoms with Gasteiger partial charge in [-0.15, -0.1) is 0 Å². The molecular formula is C15H20N4. The molecule has 0 spiro atoms. The van der Waals surface area contributed by atoms with Crippen LogP contribution in [0.15, 0.2) is 24.4 Å². The van der Waals surface area contributed by atoms with E-state index in [4.69, 9.17) is 5.73 Å². The highest BCUT2D eigenvalue weighted by molar-refractivity contribution is 5.40. The van der Waals surface area contributed by atoms with E-state index < -0.39 is 0 Å². The number of aryl methyl sites for hydroxylation is 3. The van der Waals surface area contributed by atoms with Gasteiger partial charge in [-0.2, -0.15) is 0 Å². The number of nitrogens with zero attached hydrogens (tertiary/aromatic N) is 2. The fourth-order valence-electron chi connectivity index (χ4n) is 1.99. The number of benzene rings is 1. The molecule has 0 fully saturated rings. The second-order valence-corrected chi connectivity index (χ2v) is 4.78. The van der Waals surface area contributed by atoms with Crippen LogP contribution >= 0.6 is 0 Å². The quantitative estimate of drug-likeness (QED) is 0.882. The molecular weight excluding hydrogens is 236 g/mol. The zero-order valence-electron chi connectivity index (χ0n) is 11.7. The fraction of sp³-hybridized carbons (Fsp3) is 0.333. The first-order valence-corrected chi connectivity index (χ1v) is 6.42. The molecule has 0 unspecified atom stereocenters. The number of nitrogens with two attached hydrogens (primary N) is 1. The summed E-state index contributed by atoms with van der Waals surface area (Å²) in [5.74, 6) is 1.47. The number of nitrogens with one attached hydrogen (secondary N) is 1. The molecule has 1 aromatic carbocycles. The average molecular weight is 256 g/mol. The average Bonchev–Trinajstić information content (AvgIpc) is 2.41. The van der Waals surface area contributed by atoms with Gasteiger partial charge in [0, 0.05) is 12.7 Å². The van der Waals surface area contributed by atoms with Crippen molar-refractivity contribution in [3.05, 3.63) is 52.5 Å². The zero-order valence-corrected chi connectivity index (χ0v) is 11.7. The zero-order chi connectivity index (χ0) is 13.8. The van der Waals surface area contributed by atoms with Gasteiger partial charge in [-0.25, -0.2) is 9.97 Å². The molecule has 0 saturated heterocycles. The van der Waals surface area contributed by atoms with Crippen LogP contribution in [-0.2, 0) is 13.1 Å². The van der Waals surface area contributed by atoms with Crippen molar-refractivity contribution in [3.8, 4) is 0 Å². The Bertz CT molecular complexity index is 578. The first kappa shape index (κ1) is 13.5. The minimum Gasteiger partial charge on any atom is -0.366 e. The molecule has 3 N–H and O–H groups in total. The van der Waals surface area contributed by atoms with Crippen LogP contribution in [0.25, 0.3) is 0 Å². The van der Waals surface area contributed by atoms with Crippen LogP contribution in [0, 0.1) is 20.8 Å². The topological polar surface area (TPSA) is 63.8 Å². The lowest BCUT2D eigenvalue weighted by molar-refractivity contribution is 0.904. The van der Waals surface area contributed by atoms with E-state index in [1.807, 2.05) is 6.07 Å². The summed E-state index contributed by atoms with van der Waals surface area (Å²) < 4.78 is 0. The molecule has 0 aliphatic heterocycles. The summed E-state index contributed by atoms with van der Waals surface area (Å²) in [6, 6.07) is 6.30. The first-order valence-electron chi connectivity index (χ1n) is 6.42. The van der Waals surface area contributed by atoms with E-state index in [0.29, 0.717) is 12.4 Å². The molecule has 0 radical (unpaired) electrons. The maximum Gasteiger partial charge on any atom is 0.144 e. The number of anilines is 1. The van der Waals surface area contributed by atoms with Gasteiger partial charge in [-0.3, -0.25) is 0 Å². The van der Waals surface area contributed by atoms with Gasteiger partial charge in [0.15, 0.2) is 0 Å². The summed E-state index contributed by atoms with van der Waals surface area (Å²) in [6.07, 6.45) is 1.73. The second kappa shape index (κ2) is 5.80. The Morgan fingerprint density at radius 2 is 1.84 bits per heavy atom. The van der Waals surface area contributed by atoms with E-state index in [9.17, 15) is 0 Å². The Hall–Kier alpha value is -1.94. The van der Waals surface area contributed by atoms with Crippen LogP contribution in [0.4, 0.5) is 5.82 Å². The van der Waals surface area contributed by atoms with E-state index in [-0.39, 0.29) is 0 Å². The van der Waals surface area contributed by atoms with E-state index in [1.54, 1.807) is 6.20 Å². The van der Waals surface area contributed by atoms with Gasteiger partial charge in [0.1, 0.15) is 11.6 Å². The maximum atomic E-state index is 5.53. The van der Waals surface area contributed by atoms with Crippen molar-refractivity contribution in [1.82, 2.24) is 9.97 Å². The molecule has 0 aliphatic rings. The summed E-state index contributed by atoms with van der Waals surface area (Å²) in [5.41, 5.74) is 10.8. The van der Waals surface area contributed by atoms with Gasteiger partial charge >= 0.3 is 0 Å². The maximum absolute atomic E-state index is 5.53. The number of hydrogen-bond donors (Lipinski definition) is 2. The van der Waals surface area contributed by atoms with Crippen LogP contribution in [0.3, 0.4) is 0 Å². The van der Waals surface area contributed by atoms with E-state index in [0.717, 1.165) is 12.4 Å². The normalized spacial score (nSPS) is 10.5. The first-order chi connectivity index (χ1) is 9.10. The van der Waals surface area contributed by atoms with Gasteiger partial charge in [-0.1, -0.05) is 12.1 Å². The van der Waals surface area contributed by atoms with Crippen LogP contribution in [0.2, 0.25) is 0 Å². The summed E-state index contributed by atoms with van der Waals surface area (Å²) in [6.45, 7) is 7.52. The molecule has 100 valence electrons. The monoisotopic (exact) mass is 256 g/mol. The van der Waals surface area contributed by atoms with Gasteiger partial charge in [-0.05, 0) is 49.1 Å². The summed E-state index contributed by atoms with van der Waals surface area (Å²) in [4.78, 5) is 8.41. The van der Waals surface area contributed by atoms with E-state index in [2.05, 4.69) is 48.2 Å². The van der Waals surface area contributed by atoms with Crippen LogP contribution in [0.5, 0.6) is 0 Å². The summed E-state index contributed by atoms with van der Waals surface area (Å²) in [5, 5.41) is 3.32. The van der Waals surface area contributed by atoms with E-state index in [1.165, 1.54) is 22.3 Å². The van der Waals surface area contributed by atoms with Gasteiger partial charge in [0.25, 0.3) is 0 Å². The number of rotatable bonds is 4. The van der Waals surface area contributed by atoms with Crippen LogP contribution < -0.4 is 11.1 Å². The third-order valence-corrected chi connectivity index (χ3v) is 3.30. The second-order valence-electron chi connectivity index (χ2n) is 4.78. The molecule has 1 heterocycles. The Balaban J connectivity index is 2.12. The highest BCUT2D eigenvalue weighted by atomic mass is 15.0. The van der Waals surface area contributed by atoms with Gasteiger partial charge in [0.05, 0.1) is 6.54 Å².